The highest BCUT2D eigenvalue weighted by Crippen LogP contribution is 2.31. The van der Waals surface area contributed by atoms with Crippen molar-refractivity contribution < 1.29 is 9.84 Å². The Morgan fingerprint density at radius 3 is 2.70 bits per heavy atom. The maximum absolute atomic E-state index is 9.94. The first kappa shape index (κ1) is 25.0. The van der Waals surface area contributed by atoms with Gasteiger partial charge in [0.2, 0.25) is 0 Å². The average Bonchev–Trinajstić information content (AvgIpc) is 3.25. The SMILES string of the molecule is CCCCCCCNc1cc(-c2cccc(OCC(O)CNC)c2)nc2c1cnn2C(C)C. The molecule has 1 unspecified atom stereocenters. The van der Waals surface area contributed by atoms with E-state index < -0.39 is 6.10 Å². The Morgan fingerprint density at radius 1 is 1.12 bits per heavy atom. The molecule has 1 aromatic carbocycles. The van der Waals surface area contributed by atoms with Crippen molar-refractivity contribution in [3.63, 3.8) is 0 Å². The van der Waals surface area contributed by atoms with Gasteiger partial charge in [-0.25, -0.2) is 9.67 Å². The molecule has 2 aromatic heterocycles. The molecule has 0 aliphatic heterocycles. The summed E-state index contributed by atoms with van der Waals surface area (Å²) in [4.78, 5) is 4.97. The second-order valence-electron chi connectivity index (χ2n) is 8.87. The molecule has 0 saturated carbocycles. The Morgan fingerprint density at radius 2 is 1.94 bits per heavy atom. The average molecular weight is 454 g/mol. The van der Waals surface area contributed by atoms with Crippen molar-refractivity contribution >= 4 is 16.7 Å². The predicted octanol–water partition coefficient (Wildman–Crippen LogP) is 5.02. The van der Waals surface area contributed by atoms with E-state index in [1.54, 1.807) is 0 Å². The molecule has 0 saturated heterocycles. The molecule has 0 radical (unpaired) electrons. The van der Waals surface area contributed by atoms with E-state index in [9.17, 15) is 5.11 Å². The maximum atomic E-state index is 9.94. The van der Waals surface area contributed by atoms with Gasteiger partial charge in [-0.15, -0.1) is 0 Å². The summed E-state index contributed by atoms with van der Waals surface area (Å²) in [5.74, 6) is 0.715. The van der Waals surface area contributed by atoms with E-state index in [1.807, 2.05) is 42.2 Å². The Bertz CT molecular complexity index is 1000. The summed E-state index contributed by atoms with van der Waals surface area (Å²) < 4.78 is 7.78. The van der Waals surface area contributed by atoms with Crippen molar-refractivity contribution in [3.8, 4) is 17.0 Å². The number of pyridine rings is 1. The molecular weight excluding hydrogens is 414 g/mol. The molecule has 7 nitrogen and oxygen atoms in total. The number of aromatic nitrogens is 3. The van der Waals surface area contributed by atoms with Gasteiger partial charge in [-0.1, -0.05) is 44.7 Å². The first-order valence-electron chi connectivity index (χ1n) is 12.2. The molecule has 3 rings (SSSR count). The molecular formula is C26H39N5O2. The van der Waals surface area contributed by atoms with E-state index in [1.165, 1.54) is 25.7 Å². The minimum absolute atomic E-state index is 0.218. The monoisotopic (exact) mass is 453 g/mol. The first-order chi connectivity index (χ1) is 16.0. The second-order valence-corrected chi connectivity index (χ2v) is 8.87. The fourth-order valence-electron chi connectivity index (χ4n) is 3.87. The number of aliphatic hydroxyl groups is 1. The third-order valence-corrected chi connectivity index (χ3v) is 5.66. The van der Waals surface area contributed by atoms with Crippen LogP contribution in [-0.2, 0) is 0 Å². The van der Waals surface area contributed by atoms with Gasteiger partial charge in [-0.2, -0.15) is 5.10 Å². The molecule has 1 atom stereocenters. The van der Waals surface area contributed by atoms with Gasteiger partial charge in [-0.05, 0) is 45.5 Å². The summed E-state index contributed by atoms with van der Waals surface area (Å²) in [6, 6.07) is 10.2. The Labute approximate surface area is 197 Å². The van der Waals surface area contributed by atoms with Gasteiger partial charge in [-0.3, -0.25) is 0 Å². The van der Waals surface area contributed by atoms with E-state index in [-0.39, 0.29) is 12.6 Å². The second kappa shape index (κ2) is 12.6. The van der Waals surface area contributed by atoms with Crippen LogP contribution in [0.15, 0.2) is 36.5 Å². The van der Waals surface area contributed by atoms with E-state index in [0.717, 1.165) is 40.9 Å². The van der Waals surface area contributed by atoms with Crippen LogP contribution in [0.5, 0.6) is 5.75 Å². The van der Waals surface area contributed by atoms with Gasteiger partial charge >= 0.3 is 0 Å². The van der Waals surface area contributed by atoms with E-state index in [4.69, 9.17) is 9.72 Å². The Hall–Kier alpha value is -2.64. The standard InChI is InChI=1S/C26H39N5O2/c1-5-6-7-8-9-13-28-25-15-24(30-26-23(25)17-29-31(26)19(2)3)20-11-10-12-22(14-20)33-18-21(32)16-27-4/h10-12,14-15,17,19,21,27,32H,5-9,13,16,18H2,1-4H3,(H,28,30). The maximum Gasteiger partial charge on any atom is 0.160 e. The molecule has 0 fully saturated rings. The van der Waals surface area contributed by atoms with Crippen molar-refractivity contribution in [2.24, 2.45) is 0 Å². The van der Waals surface area contributed by atoms with E-state index >= 15 is 0 Å². The molecule has 0 aliphatic rings. The van der Waals surface area contributed by atoms with Crippen LogP contribution >= 0.6 is 0 Å². The normalized spacial score (nSPS) is 12.4. The number of nitrogens with one attached hydrogen (secondary N) is 2. The van der Waals surface area contributed by atoms with E-state index in [0.29, 0.717) is 12.3 Å². The fourth-order valence-corrected chi connectivity index (χ4v) is 3.87. The summed E-state index contributed by atoms with van der Waals surface area (Å²) in [5.41, 5.74) is 3.79. The van der Waals surface area contributed by atoms with Gasteiger partial charge in [0.1, 0.15) is 18.5 Å². The fraction of sp³-hybridized carbons (Fsp3) is 0.538. The van der Waals surface area contributed by atoms with E-state index in [2.05, 4.69) is 42.6 Å². The number of anilines is 1. The smallest absolute Gasteiger partial charge is 0.160 e. The number of nitrogens with zero attached hydrogens (tertiary/aromatic N) is 3. The number of aliphatic hydroxyl groups excluding tert-OH is 1. The summed E-state index contributed by atoms with van der Waals surface area (Å²) in [7, 11) is 1.81. The molecule has 0 aliphatic carbocycles. The van der Waals surface area contributed by atoms with Crippen molar-refractivity contribution in [2.45, 2.75) is 65.0 Å². The number of rotatable bonds is 14. The topological polar surface area (TPSA) is 84.2 Å². The summed E-state index contributed by atoms with van der Waals surface area (Å²) in [5, 5.41) is 22.2. The van der Waals surface area contributed by atoms with Crippen LogP contribution in [0.25, 0.3) is 22.3 Å². The third-order valence-electron chi connectivity index (χ3n) is 5.66. The molecule has 0 amide bonds. The van der Waals surface area contributed by atoms with Gasteiger partial charge in [0.05, 0.1) is 17.3 Å². The van der Waals surface area contributed by atoms with Crippen LogP contribution in [0.1, 0.15) is 58.9 Å². The molecule has 7 heteroatoms. The number of unbranched alkanes of at least 4 members (excludes halogenated alkanes) is 4. The first-order valence-corrected chi connectivity index (χ1v) is 12.2. The molecule has 3 N–H and O–H groups in total. The van der Waals surface area contributed by atoms with Gasteiger partial charge in [0.25, 0.3) is 0 Å². The van der Waals surface area contributed by atoms with Gasteiger partial charge in [0.15, 0.2) is 5.65 Å². The summed E-state index contributed by atoms with van der Waals surface area (Å²) in [6.07, 6.45) is 7.59. The summed E-state index contributed by atoms with van der Waals surface area (Å²) >= 11 is 0. The lowest BCUT2D eigenvalue weighted by atomic mass is 10.1. The highest BCUT2D eigenvalue weighted by Gasteiger charge is 2.15. The lowest BCUT2D eigenvalue weighted by Gasteiger charge is -2.14. The van der Waals surface area contributed by atoms with Crippen molar-refractivity contribution in [3.05, 3.63) is 36.5 Å². The minimum atomic E-state index is -0.554. The van der Waals surface area contributed by atoms with Crippen molar-refractivity contribution in [2.75, 3.05) is 32.1 Å². The molecule has 0 spiro atoms. The van der Waals surface area contributed by atoms with Gasteiger partial charge < -0.3 is 20.5 Å². The number of likely N-dealkylation sites (N-methyl/N-ethyl adjacent to an activating group) is 1. The third kappa shape index (κ3) is 6.92. The zero-order chi connectivity index (χ0) is 23.6. The van der Waals surface area contributed by atoms with Crippen LogP contribution in [0.3, 0.4) is 0 Å². The molecule has 2 heterocycles. The van der Waals surface area contributed by atoms with Crippen LogP contribution < -0.4 is 15.4 Å². The predicted molar refractivity (Wildman–Crippen MR) is 136 cm³/mol. The number of hydrogen-bond donors (Lipinski definition) is 3. The number of benzene rings is 1. The van der Waals surface area contributed by atoms with Crippen LogP contribution in [-0.4, -0.2) is 52.7 Å². The highest BCUT2D eigenvalue weighted by atomic mass is 16.5. The lowest BCUT2D eigenvalue weighted by Crippen LogP contribution is -2.29. The number of hydrogen-bond acceptors (Lipinski definition) is 6. The van der Waals surface area contributed by atoms with Crippen molar-refractivity contribution in [1.82, 2.24) is 20.1 Å². The quantitative estimate of drug-likeness (QED) is 0.297. The Balaban J connectivity index is 1.84. The molecule has 3 aromatic rings. The highest BCUT2D eigenvalue weighted by molar-refractivity contribution is 5.91. The molecule has 0 bridgehead atoms. The zero-order valence-electron chi connectivity index (χ0n) is 20.5. The number of ether oxygens (including phenoxy) is 1. The summed E-state index contributed by atoms with van der Waals surface area (Å²) in [6.45, 7) is 8.14. The van der Waals surface area contributed by atoms with Crippen LogP contribution in [0.4, 0.5) is 5.69 Å². The lowest BCUT2D eigenvalue weighted by molar-refractivity contribution is 0.108. The largest absolute Gasteiger partial charge is 0.491 e. The molecule has 180 valence electrons. The minimum Gasteiger partial charge on any atom is -0.491 e. The van der Waals surface area contributed by atoms with Crippen LogP contribution in [0.2, 0.25) is 0 Å². The van der Waals surface area contributed by atoms with Crippen LogP contribution in [0, 0.1) is 0 Å². The number of fused-ring (bicyclic) bond motifs is 1. The molecule has 33 heavy (non-hydrogen) atoms. The van der Waals surface area contributed by atoms with Gasteiger partial charge in [0, 0.05) is 30.4 Å². The van der Waals surface area contributed by atoms with Crippen molar-refractivity contribution in [1.29, 1.82) is 0 Å². The zero-order valence-corrected chi connectivity index (χ0v) is 20.5. The Kier molecular flexibility index (Phi) is 9.51.